The van der Waals surface area contributed by atoms with Crippen molar-refractivity contribution >= 4 is 35.1 Å². The number of carbonyl (C=O) groups is 4. The molecule has 2 fully saturated rings. The number of likely N-dealkylation sites (N-methyl/N-ethyl adjacent to an activating group) is 1. The lowest BCUT2D eigenvalue weighted by Gasteiger charge is -2.36. The number of carbonyl (C=O) groups excluding carboxylic acids is 4. The Morgan fingerprint density at radius 2 is 1.89 bits per heavy atom. The van der Waals surface area contributed by atoms with Crippen molar-refractivity contribution in [2.24, 2.45) is 17.3 Å². The Bertz CT molecular complexity index is 2210. The standard InChI is InChI=1S/C48H65N7O7/c1-8-54-42-14-13-33(24-38(42)39(25-48(4,5)29-62-30-56)44(54)40-27-50-18-15-35(40)28-61-7)36-20-32(21-37(57)23-36)22-41(47(60)55-19-10-9-17-51-55)52-45(58)43(31(2)3)53(6)46(59)34-12-11-16-49-26-34/h13-15,18,20-21,23-24,27,30-31,34,41,43,49,51,57H,8-12,16-17,19,22,25-26,28-29H2,1-7H3,(H,52,58)/t34-,41+,43+/m1/s1. The average Bonchev–Trinajstić information content (AvgIpc) is 3.56. The van der Waals surface area contributed by atoms with E-state index in [2.05, 4.69) is 58.5 Å². The number of nitrogens with one attached hydrogen (secondary N) is 3. The number of phenolic OH excluding ortho intramolecular Hbond substituents is 1. The van der Waals surface area contributed by atoms with Crippen molar-refractivity contribution in [3.8, 4) is 28.1 Å². The highest BCUT2D eigenvalue weighted by Crippen LogP contribution is 2.41. The number of piperidine rings is 1. The van der Waals surface area contributed by atoms with E-state index in [1.165, 1.54) is 0 Å². The van der Waals surface area contributed by atoms with E-state index in [0.717, 1.165) is 76.6 Å². The number of hydrazine groups is 1. The number of fused-ring (bicyclic) bond motifs is 1. The zero-order valence-electron chi connectivity index (χ0n) is 37.5. The first-order chi connectivity index (χ1) is 29.8. The van der Waals surface area contributed by atoms with E-state index < -0.39 is 23.4 Å². The van der Waals surface area contributed by atoms with Crippen LogP contribution in [0.15, 0.2) is 54.9 Å². The summed E-state index contributed by atoms with van der Waals surface area (Å²) in [5, 5.41) is 20.2. The van der Waals surface area contributed by atoms with Gasteiger partial charge in [0.1, 0.15) is 17.8 Å². The topological polar surface area (TPSA) is 167 Å². The lowest BCUT2D eigenvalue weighted by atomic mass is 9.84. The molecular weight excluding hydrogens is 787 g/mol. The van der Waals surface area contributed by atoms with Gasteiger partial charge in [0.15, 0.2) is 0 Å². The number of phenols is 1. The minimum atomic E-state index is -0.976. The van der Waals surface area contributed by atoms with Gasteiger partial charge in [-0.15, -0.1) is 0 Å². The van der Waals surface area contributed by atoms with Crippen molar-refractivity contribution in [1.29, 1.82) is 0 Å². The van der Waals surface area contributed by atoms with E-state index in [4.69, 9.17) is 9.47 Å². The third kappa shape index (κ3) is 10.6. The normalized spacial score (nSPS) is 16.8. The largest absolute Gasteiger partial charge is 0.508 e. The number of pyridine rings is 1. The summed E-state index contributed by atoms with van der Waals surface area (Å²) in [4.78, 5) is 59.6. The van der Waals surface area contributed by atoms with E-state index in [9.17, 15) is 24.3 Å². The number of nitrogens with zero attached hydrogens (tertiary/aromatic N) is 4. The number of aromatic hydroxyl groups is 1. The molecular formula is C48H65N7O7. The van der Waals surface area contributed by atoms with Crippen LogP contribution in [0, 0.1) is 17.3 Å². The monoisotopic (exact) mass is 851 g/mol. The van der Waals surface area contributed by atoms with Crippen LogP contribution in [0.2, 0.25) is 0 Å². The molecule has 2 aliphatic rings. The molecule has 3 atom stereocenters. The summed E-state index contributed by atoms with van der Waals surface area (Å²) < 4.78 is 13.2. The summed E-state index contributed by atoms with van der Waals surface area (Å²) in [6, 6.07) is 11.8. The molecule has 3 amide bonds. The lowest BCUT2D eigenvalue weighted by molar-refractivity contribution is -0.146. The number of ether oxygens (including phenoxy) is 2. The van der Waals surface area contributed by atoms with Crippen LogP contribution in [0.25, 0.3) is 33.3 Å². The van der Waals surface area contributed by atoms with Crippen molar-refractivity contribution in [3.05, 3.63) is 71.5 Å². The molecule has 6 rings (SSSR count). The molecule has 2 aromatic heterocycles. The van der Waals surface area contributed by atoms with E-state index >= 15 is 0 Å². The summed E-state index contributed by atoms with van der Waals surface area (Å²) in [5.41, 5.74) is 10.1. The molecule has 62 heavy (non-hydrogen) atoms. The number of aromatic nitrogens is 2. The van der Waals surface area contributed by atoms with Crippen LogP contribution < -0.4 is 16.1 Å². The maximum Gasteiger partial charge on any atom is 0.293 e. The zero-order chi connectivity index (χ0) is 44.6. The van der Waals surface area contributed by atoms with Gasteiger partial charge in [-0.25, -0.2) is 5.43 Å². The van der Waals surface area contributed by atoms with Crippen molar-refractivity contribution in [3.63, 3.8) is 0 Å². The van der Waals surface area contributed by atoms with E-state index in [1.807, 2.05) is 38.2 Å². The second-order valence-electron chi connectivity index (χ2n) is 18.0. The lowest BCUT2D eigenvalue weighted by Crippen LogP contribution is -2.60. The van der Waals surface area contributed by atoms with Crippen LogP contribution in [0.1, 0.15) is 77.0 Å². The van der Waals surface area contributed by atoms with Gasteiger partial charge in [-0.1, -0.05) is 39.8 Å². The molecule has 0 radical (unpaired) electrons. The van der Waals surface area contributed by atoms with Gasteiger partial charge in [-0.2, -0.15) is 0 Å². The predicted molar refractivity (Wildman–Crippen MR) is 240 cm³/mol. The predicted octanol–water partition coefficient (Wildman–Crippen LogP) is 5.62. The van der Waals surface area contributed by atoms with Gasteiger partial charge in [-0.05, 0) is 110 Å². The van der Waals surface area contributed by atoms with Crippen molar-refractivity contribution < 1.29 is 33.8 Å². The zero-order valence-corrected chi connectivity index (χ0v) is 37.5. The molecule has 0 unspecified atom stereocenters. The molecule has 2 saturated heterocycles. The molecule has 2 aliphatic heterocycles. The fraction of sp³-hybridized carbons (Fsp3) is 0.521. The molecule has 2 aromatic carbocycles. The molecule has 4 heterocycles. The van der Waals surface area contributed by atoms with Gasteiger partial charge in [0.2, 0.25) is 11.8 Å². The van der Waals surface area contributed by atoms with E-state index in [-0.39, 0.29) is 42.4 Å². The SMILES string of the molecule is CCn1c(-c2cnccc2COC)c(CC(C)(C)COC=O)c2cc(-c3cc(O)cc(C[C@H](NC(=O)[C@H](C(C)C)N(C)C(=O)[C@@H]4CCCNC4)C(=O)N4CCCCN4)c3)ccc21. The fourth-order valence-electron chi connectivity index (χ4n) is 9.26. The quantitative estimate of drug-likeness (QED) is 0.0924. The number of hydrogen-bond acceptors (Lipinski definition) is 10. The summed E-state index contributed by atoms with van der Waals surface area (Å²) in [5.74, 6) is -1.16. The van der Waals surface area contributed by atoms with Crippen LogP contribution in [0.5, 0.6) is 5.75 Å². The van der Waals surface area contributed by atoms with Gasteiger partial charge in [0.25, 0.3) is 12.4 Å². The summed E-state index contributed by atoms with van der Waals surface area (Å²) >= 11 is 0. The third-order valence-corrected chi connectivity index (χ3v) is 12.2. The molecule has 0 aliphatic carbocycles. The first-order valence-corrected chi connectivity index (χ1v) is 22.0. The first-order valence-electron chi connectivity index (χ1n) is 22.0. The second-order valence-corrected chi connectivity index (χ2v) is 18.0. The van der Waals surface area contributed by atoms with Gasteiger partial charge < -0.3 is 34.7 Å². The first kappa shape index (κ1) is 46.2. The van der Waals surface area contributed by atoms with Crippen LogP contribution in [0.4, 0.5) is 0 Å². The van der Waals surface area contributed by atoms with Crippen molar-refractivity contribution in [2.45, 2.75) is 98.4 Å². The molecule has 14 heteroatoms. The highest BCUT2D eigenvalue weighted by atomic mass is 16.5. The summed E-state index contributed by atoms with van der Waals surface area (Å²) in [7, 11) is 3.35. The smallest absolute Gasteiger partial charge is 0.293 e. The molecule has 0 bridgehead atoms. The van der Waals surface area contributed by atoms with E-state index in [1.54, 1.807) is 42.4 Å². The third-order valence-electron chi connectivity index (χ3n) is 12.2. The molecule has 14 nitrogen and oxygen atoms in total. The average molecular weight is 852 g/mol. The number of rotatable bonds is 18. The minimum Gasteiger partial charge on any atom is -0.508 e. The highest BCUT2D eigenvalue weighted by molar-refractivity contribution is 5.96. The minimum absolute atomic E-state index is 0.0245. The maximum absolute atomic E-state index is 14.3. The number of amides is 3. The Morgan fingerprint density at radius 1 is 1.08 bits per heavy atom. The van der Waals surface area contributed by atoms with Crippen molar-refractivity contribution in [1.82, 2.24) is 35.5 Å². The Morgan fingerprint density at radius 3 is 2.56 bits per heavy atom. The molecule has 334 valence electrons. The van der Waals surface area contributed by atoms with E-state index in [0.29, 0.717) is 51.2 Å². The van der Waals surface area contributed by atoms with Gasteiger partial charge in [0, 0.05) is 81.0 Å². The van der Waals surface area contributed by atoms with Crippen molar-refractivity contribution in [2.75, 3.05) is 46.9 Å². The van der Waals surface area contributed by atoms with Gasteiger partial charge >= 0.3 is 0 Å². The Hall–Kier alpha value is -5.31. The Balaban J connectivity index is 1.39. The van der Waals surface area contributed by atoms with Crippen LogP contribution in [-0.2, 0) is 54.6 Å². The Kier molecular flexibility index (Phi) is 15.4. The Labute approximate surface area is 365 Å². The molecule has 0 saturated carbocycles. The fourth-order valence-corrected chi connectivity index (χ4v) is 9.26. The molecule has 4 N–H and O–H groups in total. The summed E-state index contributed by atoms with van der Waals surface area (Å²) in [6.07, 6.45) is 7.75. The van der Waals surface area contributed by atoms with Crippen LogP contribution in [-0.4, -0.2) is 108 Å². The van der Waals surface area contributed by atoms with Gasteiger partial charge in [-0.3, -0.25) is 29.2 Å². The van der Waals surface area contributed by atoms with Crippen LogP contribution >= 0.6 is 0 Å². The van der Waals surface area contributed by atoms with Crippen LogP contribution in [0.3, 0.4) is 0 Å². The van der Waals surface area contributed by atoms with Gasteiger partial charge in [0.05, 0.1) is 24.8 Å². The second kappa shape index (κ2) is 20.7. The maximum atomic E-state index is 14.3. The molecule has 4 aromatic rings. The number of hydrogen-bond donors (Lipinski definition) is 4. The molecule has 0 spiro atoms. The number of aryl methyl sites for hydroxylation is 1. The highest BCUT2D eigenvalue weighted by Gasteiger charge is 2.37. The number of methoxy groups -OCH3 is 1. The number of benzene rings is 2. The summed E-state index contributed by atoms with van der Waals surface area (Å²) in [6.45, 7) is 14.5.